The average molecular weight is 247 g/mol. The molecule has 0 fully saturated rings. The molecule has 0 aliphatic heterocycles. The molecule has 0 atom stereocenters. The summed E-state index contributed by atoms with van der Waals surface area (Å²) in [6, 6.07) is 26.8. The zero-order valence-electron chi connectivity index (χ0n) is 10.6. The van der Waals surface area contributed by atoms with Gasteiger partial charge < -0.3 is 0 Å². The van der Waals surface area contributed by atoms with Gasteiger partial charge in [0, 0.05) is 12.1 Å². The molecular formula is C17H15N2+. The Hall–Kier alpha value is -2.61. The number of nitrogens with zero attached hydrogens (tertiary/aromatic N) is 2. The Labute approximate surface area is 113 Å². The van der Waals surface area contributed by atoms with Crippen LogP contribution in [0.5, 0.6) is 0 Å². The van der Waals surface area contributed by atoms with E-state index < -0.39 is 0 Å². The highest BCUT2D eigenvalue weighted by atomic mass is 15.5. The van der Waals surface area contributed by atoms with Gasteiger partial charge in [0.15, 0.2) is 0 Å². The zero-order chi connectivity index (χ0) is 12.9. The first kappa shape index (κ1) is 11.5. The molecule has 2 heteroatoms. The van der Waals surface area contributed by atoms with Crippen LogP contribution >= 0.6 is 0 Å². The van der Waals surface area contributed by atoms with Crippen LogP contribution in [0.2, 0.25) is 0 Å². The van der Waals surface area contributed by atoms with E-state index in [9.17, 15) is 0 Å². The maximum Gasteiger partial charge on any atom is 0.200 e. The summed E-state index contributed by atoms with van der Waals surface area (Å²) in [5, 5.41) is 2.17. The van der Waals surface area contributed by atoms with Crippen molar-refractivity contribution in [3.8, 4) is 0 Å². The Balaban J connectivity index is 2.12. The summed E-state index contributed by atoms with van der Waals surface area (Å²) in [7, 11) is 0. The largest absolute Gasteiger partial charge is 0.200 e. The number of hydrogen-bond acceptors (Lipinski definition) is 1. The molecule has 1 heterocycles. The normalized spacial score (nSPS) is 10.1. The molecule has 0 bridgehead atoms. The monoisotopic (exact) mass is 247 g/mol. The fraction of sp³-hybridized carbons (Fsp3) is 0. The fourth-order valence-electron chi connectivity index (χ4n) is 2.08. The summed E-state index contributed by atoms with van der Waals surface area (Å²) >= 11 is 0. The predicted molar refractivity (Wildman–Crippen MR) is 77.1 cm³/mol. The molecule has 0 aliphatic rings. The van der Waals surface area contributed by atoms with Gasteiger partial charge in [-0.2, -0.15) is 0 Å². The second-order valence-corrected chi connectivity index (χ2v) is 4.24. The molecule has 0 unspecified atom stereocenters. The molecule has 3 rings (SSSR count). The Bertz CT molecular complexity index is 527. The minimum atomic E-state index is 1.13. The van der Waals surface area contributed by atoms with E-state index >= 15 is 0 Å². The van der Waals surface area contributed by atoms with Crippen molar-refractivity contribution < 1.29 is 4.68 Å². The van der Waals surface area contributed by atoms with E-state index in [0.29, 0.717) is 0 Å². The van der Waals surface area contributed by atoms with E-state index in [0.717, 1.165) is 11.4 Å². The summed E-state index contributed by atoms with van der Waals surface area (Å²) in [6.07, 6.45) is 4.08. The van der Waals surface area contributed by atoms with Crippen molar-refractivity contribution in [1.82, 2.24) is 0 Å². The van der Waals surface area contributed by atoms with Gasteiger partial charge in [0.05, 0.1) is 0 Å². The minimum Gasteiger partial charge on any atom is -0.116 e. The van der Waals surface area contributed by atoms with Crippen LogP contribution in [-0.2, 0) is 0 Å². The lowest BCUT2D eigenvalue weighted by molar-refractivity contribution is -0.675. The standard InChI is InChI=1S/C17H15N2/c1-4-10-16(11-5-1)19(17-12-6-2-7-13-17)18-14-8-3-9-15-18/h1-15H/q+1. The van der Waals surface area contributed by atoms with E-state index in [1.807, 2.05) is 42.7 Å². The van der Waals surface area contributed by atoms with Crippen molar-refractivity contribution in [1.29, 1.82) is 0 Å². The average Bonchev–Trinajstić information content (AvgIpc) is 2.51. The van der Waals surface area contributed by atoms with Crippen molar-refractivity contribution in [2.75, 3.05) is 5.01 Å². The van der Waals surface area contributed by atoms with Crippen LogP contribution in [0.4, 0.5) is 11.4 Å². The predicted octanol–water partition coefficient (Wildman–Crippen LogP) is 3.58. The Kier molecular flexibility index (Phi) is 3.24. The number of para-hydroxylation sites is 2. The molecule has 19 heavy (non-hydrogen) atoms. The van der Waals surface area contributed by atoms with E-state index in [1.54, 1.807) is 0 Å². The molecule has 1 aromatic heterocycles. The molecule has 92 valence electrons. The first-order chi connectivity index (χ1) is 9.45. The Morgan fingerprint density at radius 3 is 1.42 bits per heavy atom. The number of anilines is 2. The third-order valence-electron chi connectivity index (χ3n) is 2.93. The molecule has 0 N–H and O–H groups in total. The lowest BCUT2D eigenvalue weighted by Gasteiger charge is -2.17. The van der Waals surface area contributed by atoms with Gasteiger partial charge in [-0.05, 0) is 24.3 Å². The van der Waals surface area contributed by atoms with E-state index in [2.05, 4.69) is 58.2 Å². The van der Waals surface area contributed by atoms with Crippen molar-refractivity contribution >= 4 is 11.4 Å². The number of benzene rings is 2. The van der Waals surface area contributed by atoms with Crippen LogP contribution < -0.4 is 9.69 Å². The molecule has 2 nitrogen and oxygen atoms in total. The van der Waals surface area contributed by atoms with Crippen LogP contribution in [0.3, 0.4) is 0 Å². The van der Waals surface area contributed by atoms with E-state index in [1.165, 1.54) is 0 Å². The third-order valence-corrected chi connectivity index (χ3v) is 2.93. The maximum absolute atomic E-state index is 2.17. The molecule has 0 saturated carbocycles. The SMILES string of the molecule is c1ccc(N(c2ccccc2)[n+]2ccccc2)cc1. The highest BCUT2D eigenvalue weighted by Crippen LogP contribution is 2.21. The lowest BCUT2D eigenvalue weighted by atomic mass is 10.2. The minimum absolute atomic E-state index is 1.13. The van der Waals surface area contributed by atoms with Crippen molar-refractivity contribution in [3.05, 3.63) is 91.3 Å². The van der Waals surface area contributed by atoms with Gasteiger partial charge in [0.25, 0.3) is 0 Å². The van der Waals surface area contributed by atoms with Gasteiger partial charge >= 0.3 is 0 Å². The highest BCUT2D eigenvalue weighted by molar-refractivity contribution is 5.59. The number of aromatic nitrogens is 1. The first-order valence-corrected chi connectivity index (χ1v) is 6.32. The van der Waals surface area contributed by atoms with Gasteiger partial charge in [0.1, 0.15) is 11.4 Å². The third kappa shape index (κ3) is 2.47. The maximum atomic E-state index is 2.17. The molecule has 0 saturated heterocycles. The Morgan fingerprint density at radius 1 is 0.526 bits per heavy atom. The van der Waals surface area contributed by atoms with Crippen LogP contribution in [0.1, 0.15) is 0 Å². The van der Waals surface area contributed by atoms with Gasteiger partial charge in [-0.25, -0.2) is 0 Å². The molecule has 3 aromatic rings. The number of pyridine rings is 1. The summed E-state index contributed by atoms with van der Waals surface area (Å²) < 4.78 is 2.07. The van der Waals surface area contributed by atoms with Crippen molar-refractivity contribution in [3.63, 3.8) is 0 Å². The lowest BCUT2D eigenvalue weighted by Crippen LogP contribution is -2.50. The van der Waals surface area contributed by atoms with E-state index in [-0.39, 0.29) is 0 Å². The van der Waals surface area contributed by atoms with Gasteiger partial charge in [-0.3, -0.25) is 0 Å². The van der Waals surface area contributed by atoms with Crippen LogP contribution in [0.25, 0.3) is 0 Å². The second kappa shape index (κ2) is 5.36. The smallest absolute Gasteiger partial charge is 0.116 e. The van der Waals surface area contributed by atoms with Crippen molar-refractivity contribution in [2.45, 2.75) is 0 Å². The van der Waals surface area contributed by atoms with Gasteiger partial charge in [-0.15, -0.1) is 5.01 Å². The second-order valence-electron chi connectivity index (χ2n) is 4.24. The van der Waals surface area contributed by atoms with Crippen LogP contribution in [0.15, 0.2) is 91.3 Å². The molecular weight excluding hydrogens is 232 g/mol. The van der Waals surface area contributed by atoms with Crippen LogP contribution in [-0.4, -0.2) is 0 Å². The summed E-state index contributed by atoms with van der Waals surface area (Å²) in [4.78, 5) is 0. The highest BCUT2D eigenvalue weighted by Gasteiger charge is 2.17. The summed E-state index contributed by atoms with van der Waals surface area (Å²) in [5.74, 6) is 0. The van der Waals surface area contributed by atoms with E-state index in [4.69, 9.17) is 0 Å². The number of rotatable bonds is 3. The first-order valence-electron chi connectivity index (χ1n) is 6.32. The van der Waals surface area contributed by atoms with Crippen LogP contribution in [0, 0.1) is 0 Å². The fourth-order valence-corrected chi connectivity index (χ4v) is 2.08. The van der Waals surface area contributed by atoms with Gasteiger partial charge in [-0.1, -0.05) is 47.1 Å². The molecule has 0 spiro atoms. The molecule has 2 aromatic carbocycles. The Morgan fingerprint density at radius 2 is 0.947 bits per heavy atom. The summed E-state index contributed by atoms with van der Waals surface area (Å²) in [6.45, 7) is 0. The topological polar surface area (TPSA) is 7.12 Å². The molecule has 0 aliphatic carbocycles. The van der Waals surface area contributed by atoms with Gasteiger partial charge in [0.2, 0.25) is 12.4 Å². The summed E-state index contributed by atoms with van der Waals surface area (Å²) in [5.41, 5.74) is 2.26. The quantitative estimate of drug-likeness (QED) is 0.642. The molecule has 0 amide bonds. The molecule has 0 radical (unpaired) electrons. The zero-order valence-corrected chi connectivity index (χ0v) is 10.6. The van der Waals surface area contributed by atoms with Crippen molar-refractivity contribution in [2.24, 2.45) is 0 Å². The number of hydrogen-bond donors (Lipinski definition) is 0.